The molecule has 1 atom stereocenters. The van der Waals surface area contributed by atoms with Crippen molar-refractivity contribution < 1.29 is 19.5 Å². The van der Waals surface area contributed by atoms with E-state index >= 15 is 0 Å². The molecule has 4 fully saturated rings. The standard InChI is InChI=1S/C43H49N9O4/c53-39-12-10-36(40(54)49-39)52-27-32-23-33(6-9-35(32)41(52)55)43(56)16-21-50(22-17-43)26-29-3-7-34(8-4-29)51-19-14-30(15-20-51)31-5-11-37(46-25-31)47-42-44-18-13-38(48-42)45-24-28-1-2-28/h3-9,11,13,18,23,25,28,30,36,56H,1-2,10,12,14-17,19-22,24,26-27H2,(H,49,53,54)(H2,44,45,46,47,48). The molecule has 290 valence electrons. The van der Waals surface area contributed by atoms with E-state index in [2.05, 4.69) is 71.0 Å². The summed E-state index contributed by atoms with van der Waals surface area (Å²) >= 11 is 0. The molecule has 56 heavy (non-hydrogen) atoms. The first-order chi connectivity index (χ1) is 27.3. The van der Waals surface area contributed by atoms with Crippen LogP contribution in [-0.4, -0.2) is 86.3 Å². The van der Waals surface area contributed by atoms with Gasteiger partial charge in [0.1, 0.15) is 17.7 Å². The quantitative estimate of drug-likeness (QED) is 0.152. The Morgan fingerprint density at radius 3 is 2.39 bits per heavy atom. The molecule has 4 aromatic rings. The number of carbonyl (C=O) groups is 3. The Bertz CT molecular complexity index is 2090. The van der Waals surface area contributed by atoms with Crippen molar-refractivity contribution in [3.8, 4) is 0 Å². The smallest absolute Gasteiger partial charge is 0.255 e. The predicted octanol–water partition coefficient (Wildman–Crippen LogP) is 5.07. The Morgan fingerprint density at radius 2 is 1.66 bits per heavy atom. The van der Waals surface area contributed by atoms with Gasteiger partial charge in [-0.1, -0.05) is 30.3 Å². The summed E-state index contributed by atoms with van der Waals surface area (Å²) in [6.07, 6.45) is 10.2. The number of rotatable bonds is 11. The molecule has 13 heteroatoms. The number of hydrogen-bond donors (Lipinski definition) is 4. The highest BCUT2D eigenvalue weighted by atomic mass is 16.3. The summed E-state index contributed by atoms with van der Waals surface area (Å²) < 4.78 is 0. The van der Waals surface area contributed by atoms with Gasteiger partial charge in [0.25, 0.3) is 5.91 Å². The van der Waals surface area contributed by atoms with Gasteiger partial charge in [0.2, 0.25) is 17.8 Å². The molecular weight excluding hydrogens is 707 g/mol. The number of piperidine rings is 3. The number of hydrogen-bond acceptors (Lipinski definition) is 11. The molecular formula is C43H49N9O4. The van der Waals surface area contributed by atoms with Gasteiger partial charge in [-0.15, -0.1) is 0 Å². The fourth-order valence-electron chi connectivity index (χ4n) is 8.70. The zero-order valence-corrected chi connectivity index (χ0v) is 31.6. The lowest BCUT2D eigenvalue weighted by molar-refractivity contribution is -0.136. The molecule has 0 radical (unpaired) electrons. The molecule has 1 aliphatic carbocycles. The summed E-state index contributed by atoms with van der Waals surface area (Å²) in [5.74, 6) is 2.46. The molecule has 5 aliphatic rings. The lowest BCUT2D eigenvalue weighted by Crippen LogP contribution is -2.52. The number of anilines is 4. The third-order valence-electron chi connectivity index (χ3n) is 12.4. The SMILES string of the molecule is O=C1CCC(N2Cc3cc(C4(O)CCN(Cc5ccc(N6CCC(c7ccc(Nc8nccc(NCC9CC9)n8)nc7)CC6)cc5)CC4)ccc3C2=O)C(=O)N1. The summed E-state index contributed by atoms with van der Waals surface area (Å²) in [6, 6.07) is 20.0. The average molecular weight is 756 g/mol. The molecule has 1 saturated carbocycles. The van der Waals surface area contributed by atoms with Crippen LogP contribution in [0.15, 0.2) is 73.1 Å². The summed E-state index contributed by atoms with van der Waals surface area (Å²) in [5.41, 5.74) is 4.99. The minimum Gasteiger partial charge on any atom is -0.385 e. The van der Waals surface area contributed by atoms with Crippen LogP contribution in [0.25, 0.3) is 0 Å². The predicted molar refractivity (Wildman–Crippen MR) is 212 cm³/mol. The molecule has 3 saturated heterocycles. The molecule has 0 bridgehead atoms. The van der Waals surface area contributed by atoms with Crippen molar-refractivity contribution in [2.75, 3.05) is 48.3 Å². The number of carbonyl (C=O) groups excluding carboxylic acids is 3. The Labute approximate surface area is 326 Å². The molecule has 9 rings (SSSR count). The summed E-state index contributed by atoms with van der Waals surface area (Å²) in [5, 5.41) is 20.7. The number of nitrogens with zero attached hydrogens (tertiary/aromatic N) is 6. The van der Waals surface area contributed by atoms with Crippen molar-refractivity contribution in [1.29, 1.82) is 0 Å². The topological polar surface area (TPSA) is 156 Å². The lowest BCUT2D eigenvalue weighted by Gasteiger charge is -2.39. The third-order valence-corrected chi connectivity index (χ3v) is 12.4. The van der Waals surface area contributed by atoms with Crippen molar-refractivity contribution >= 4 is 41.0 Å². The fraction of sp³-hybridized carbons (Fsp3) is 0.442. The van der Waals surface area contributed by atoms with E-state index in [1.807, 2.05) is 30.5 Å². The second-order valence-electron chi connectivity index (χ2n) is 16.2. The van der Waals surface area contributed by atoms with E-state index in [4.69, 9.17) is 0 Å². The van der Waals surface area contributed by atoms with Crippen molar-refractivity contribution in [3.05, 3.63) is 101 Å². The Morgan fingerprint density at radius 1 is 0.857 bits per heavy atom. The normalized spacial score (nSPS) is 21.5. The van der Waals surface area contributed by atoms with Gasteiger partial charge in [0.15, 0.2) is 0 Å². The molecule has 6 heterocycles. The molecule has 0 spiro atoms. The second-order valence-corrected chi connectivity index (χ2v) is 16.2. The first-order valence-corrected chi connectivity index (χ1v) is 20.1. The van der Waals surface area contributed by atoms with Gasteiger partial charge in [0, 0.05) is 75.9 Å². The van der Waals surface area contributed by atoms with Crippen LogP contribution >= 0.6 is 0 Å². The van der Waals surface area contributed by atoms with Crippen molar-refractivity contribution in [3.63, 3.8) is 0 Å². The van der Waals surface area contributed by atoms with Crippen molar-refractivity contribution in [2.24, 2.45) is 5.92 Å². The number of aliphatic hydroxyl groups is 1. The maximum Gasteiger partial charge on any atom is 0.255 e. The number of nitrogens with one attached hydrogen (secondary N) is 3. The van der Waals surface area contributed by atoms with Crippen LogP contribution in [0, 0.1) is 5.92 Å². The minimum absolute atomic E-state index is 0.198. The van der Waals surface area contributed by atoms with Gasteiger partial charge in [-0.25, -0.2) is 9.97 Å². The van der Waals surface area contributed by atoms with Crippen LogP contribution in [0.4, 0.5) is 23.3 Å². The lowest BCUT2D eigenvalue weighted by atomic mass is 9.83. The third kappa shape index (κ3) is 7.83. The molecule has 2 aromatic heterocycles. The van der Waals surface area contributed by atoms with E-state index in [0.717, 1.165) is 80.8 Å². The maximum atomic E-state index is 13.2. The number of aromatic nitrogens is 3. The van der Waals surface area contributed by atoms with Crippen LogP contribution in [-0.2, 0) is 28.3 Å². The number of pyridine rings is 1. The van der Waals surface area contributed by atoms with Crippen molar-refractivity contribution in [1.82, 2.24) is 30.1 Å². The second kappa shape index (κ2) is 15.3. The highest BCUT2D eigenvalue weighted by Crippen LogP contribution is 2.37. The molecule has 4 aliphatic heterocycles. The average Bonchev–Trinajstić information content (AvgIpc) is 4.00. The fourth-order valence-corrected chi connectivity index (χ4v) is 8.70. The Hall–Kier alpha value is -5.40. The van der Waals surface area contributed by atoms with E-state index in [1.54, 1.807) is 17.2 Å². The van der Waals surface area contributed by atoms with Crippen LogP contribution in [0.1, 0.15) is 89.9 Å². The van der Waals surface area contributed by atoms with E-state index in [9.17, 15) is 19.5 Å². The molecule has 4 N–H and O–H groups in total. The molecule has 1 unspecified atom stereocenters. The Kier molecular flexibility index (Phi) is 9.88. The van der Waals surface area contributed by atoms with Crippen LogP contribution in [0.2, 0.25) is 0 Å². The minimum atomic E-state index is -0.977. The zero-order chi connectivity index (χ0) is 38.2. The first-order valence-electron chi connectivity index (χ1n) is 20.1. The van der Waals surface area contributed by atoms with E-state index in [0.29, 0.717) is 43.2 Å². The number of fused-ring (bicyclic) bond motifs is 1. The largest absolute Gasteiger partial charge is 0.385 e. The Balaban J connectivity index is 0.734. The number of imide groups is 1. The number of benzene rings is 2. The van der Waals surface area contributed by atoms with Gasteiger partial charge < -0.3 is 25.5 Å². The summed E-state index contributed by atoms with van der Waals surface area (Å²) in [4.78, 5) is 57.3. The highest BCUT2D eigenvalue weighted by Gasteiger charge is 2.41. The van der Waals surface area contributed by atoms with Crippen LogP contribution < -0.4 is 20.9 Å². The highest BCUT2D eigenvalue weighted by molar-refractivity contribution is 6.05. The van der Waals surface area contributed by atoms with E-state index < -0.39 is 17.6 Å². The van der Waals surface area contributed by atoms with Gasteiger partial charge in [-0.3, -0.25) is 24.6 Å². The zero-order valence-electron chi connectivity index (χ0n) is 31.6. The van der Waals surface area contributed by atoms with Crippen LogP contribution in [0.5, 0.6) is 0 Å². The first kappa shape index (κ1) is 36.3. The van der Waals surface area contributed by atoms with Gasteiger partial charge in [-0.2, -0.15) is 4.98 Å². The van der Waals surface area contributed by atoms with Crippen molar-refractivity contribution in [2.45, 2.75) is 82.0 Å². The number of amides is 3. The number of likely N-dealkylation sites (tertiary alicyclic amines) is 1. The summed E-state index contributed by atoms with van der Waals surface area (Å²) in [6.45, 7) is 5.60. The van der Waals surface area contributed by atoms with E-state index in [-0.39, 0.29) is 18.2 Å². The molecule has 3 amide bonds. The van der Waals surface area contributed by atoms with Gasteiger partial charge in [-0.05, 0) is 109 Å². The van der Waals surface area contributed by atoms with E-state index in [1.165, 1.54) is 29.7 Å². The molecule has 13 nitrogen and oxygen atoms in total. The monoisotopic (exact) mass is 755 g/mol. The summed E-state index contributed by atoms with van der Waals surface area (Å²) in [7, 11) is 0. The van der Waals surface area contributed by atoms with Crippen LogP contribution in [0.3, 0.4) is 0 Å². The maximum absolute atomic E-state index is 13.2. The molecule has 2 aromatic carbocycles. The van der Waals surface area contributed by atoms with Gasteiger partial charge >= 0.3 is 0 Å². The van der Waals surface area contributed by atoms with Gasteiger partial charge in [0.05, 0.1) is 5.60 Å².